The second kappa shape index (κ2) is 9.59. The zero-order valence-electron chi connectivity index (χ0n) is 13.8. The molecule has 1 aromatic heterocycles. The van der Waals surface area contributed by atoms with E-state index in [0.717, 1.165) is 37.2 Å². The van der Waals surface area contributed by atoms with Gasteiger partial charge >= 0.3 is 0 Å². The molecule has 1 fully saturated rings. The molecular formula is C14H27IN6S. The smallest absolute Gasteiger partial charge is 0.194 e. The maximum atomic E-state index is 4.73. The number of thioether (sulfide) groups is 1. The first-order chi connectivity index (χ1) is 10.1. The van der Waals surface area contributed by atoms with Crippen molar-refractivity contribution in [3.8, 4) is 0 Å². The lowest BCUT2D eigenvalue weighted by molar-refractivity contribution is 0.380. The van der Waals surface area contributed by atoms with Crippen molar-refractivity contribution in [3.05, 3.63) is 12.2 Å². The summed E-state index contributed by atoms with van der Waals surface area (Å²) in [4.78, 5) is 11.3. The molecule has 0 saturated carbocycles. The fraction of sp³-hybridized carbons (Fsp3) is 0.786. The van der Waals surface area contributed by atoms with E-state index in [1.165, 1.54) is 0 Å². The van der Waals surface area contributed by atoms with Crippen molar-refractivity contribution >= 4 is 41.7 Å². The minimum absolute atomic E-state index is 0. The molecule has 1 aliphatic heterocycles. The van der Waals surface area contributed by atoms with Crippen molar-refractivity contribution in [2.75, 3.05) is 25.4 Å². The van der Waals surface area contributed by atoms with E-state index < -0.39 is 0 Å². The Hall–Kier alpha value is -0.510. The van der Waals surface area contributed by atoms with E-state index >= 15 is 0 Å². The second-order valence-corrected chi connectivity index (χ2v) is 6.92. The molecule has 0 aliphatic carbocycles. The first-order valence-corrected chi connectivity index (χ1v) is 8.64. The number of halogens is 1. The van der Waals surface area contributed by atoms with Crippen molar-refractivity contribution in [1.29, 1.82) is 0 Å². The average molecular weight is 438 g/mol. The molecule has 1 unspecified atom stereocenters. The fourth-order valence-electron chi connectivity index (χ4n) is 2.31. The van der Waals surface area contributed by atoms with Gasteiger partial charge in [0.25, 0.3) is 0 Å². The molecule has 0 amide bonds. The molecule has 0 aromatic carbocycles. The third-order valence-electron chi connectivity index (χ3n) is 3.65. The van der Waals surface area contributed by atoms with Gasteiger partial charge in [-0.15, -0.1) is 24.0 Å². The molecule has 1 aromatic rings. The monoisotopic (exact) mass is 438 g/mol. The van der Waals surface area contributed by atoms with Crippen molar-refractivity contribution in [3.63, 3.8) is 0 Å². The highest BCUT2D eigenvalue weighted by Gasteiger charge is 2.24. The standard InChI is InChI=1S/C14H26N6S.HI/c1-5-15-14(16-8-13-17-10-18-19(13)4)20-6-7-21-12(9-20)11(2)3;/h10-12H,5-9H2,1-4H3,(H,15,16);1H. The molecule has 126 valence electrons. The van der Waals surface area contributed by atoms with Gasteiger partial charge in [-0.05, 0) is 12.8 Å². The van der Waals surface area contributed by atoms with Crippen LogP contribution in [-0.2, 0) is 13.6 Å². The van der Waals surface area contributed by atoms with Crippen LogP contribution >= 0.6 is 35.7 Å². The number of aromatic nitrogens is 3. The first-order valence-electron chi connectivity index (χ1n) is 7.59. The highest BCUT2D eigenvalue weighted by Crippen LogP contribution is 2.24. The summed E-state index contributed by atoms with van der Waals surface area (Å²) in [7, 11) is 1.90. The molecule has 22 heavy (non-hydrogen) atoms. The zero-order chi connectivity index (χ0) is 15.2. The van der Waals surface area contributed by atoms with Gasteiger partial charge in [0.2, 0.25) is 0 Å². The molecule has 1 atom stereocenters. The van der Waals surface area contributed by atoms with E-state index in [9.17, 15) is 0 Å². The predicted octanol–water partition coefficient (Wildman–Crippen LogP) is 1.97. The predicted molar refractivity (Wildman–Crippen MR) is 104 cm³/mol. The highest BCUT2D eigenvalue weighted by atomic mass is 127. The number of guanidine groups is 1. The highest BCUT2D eigenvalue weighted by molar-refractivity contribution is 14.0. The van der Waals surface area contributed by atoms with Crippen LogP contribution in [0.1, 0.15) is 26.6 Å². The summed E-state index contributed by atoms with van der Waals surface area (Å²) in [6, 6.07) is 0. The molecule has 2 heterocycles. The Balaban J connectivity index is 0.00000242. The Bertz CT molecular complexity index is 476. The normalized spacial score (nSPS) is 19.2. The van der Waals surface area contributed by atoms with E-state index in [0.29, 0.717) is 17.7 Å². The largest absolute Gasteiger partial charge is 0.357 e. The number of nitrogens with one attached hydrogen (secondary N) is 1. The average Bonchev–Trinajstić information content (AvgIpc) is 2.89. The number of hydrogen-bond donors (Lipinski definition) is 1. The minimum atomic E-state index is 0. The molecule has 0 spiro atoms. The Labute approximate surface area is 154 Å². The lowest BCUT2D eigenvalue weighted by atomic mass is 10.1. The van der Waals surface area contributed by atoms with Crippen molar-refractivity contribution in [2.24, 2.45) is 18.0 Å². The molecule has 1 N–H and O–H groups in total. The zero-order valence-corrected chi connectivity index (χ0v) is 17.0. The molecule has 0 radical (unpaired) electrons. The second-order valence-electron chi connectivity index (χ2n) is 5.57. The maximum absolute atomic E-state index is 4.73. The van der Waals surface area contributed by atoms with Crippen molar-refractivity contribution < 1.29 is 0 Å². The lowest BCUT2D eigenvalue weighted by Crippen LogP contribution is -2.49. The van der Waals surface area contributed by atoms with Gasteiger partial charge in [0.05, 0.1) is 0 Å². The number of hydrogen-bond acceptors (Lipinski definition) is 4. The van der Waals surface area contributed by atoms with Gasteiger partial charge in [-0.25, -0.2) is 9.98 Å². The topological polar surface area (TPSA) is 58.3 Å². The Morgan fingerprint density at radius 2 is 2.32 bits per heavy atom. The van der Waals surface area contributed by atoms with Gasteiger partial charge in [0.15, 0.2) is 5.96 Å². The lowest BCUT2D eigenvalue weighted by Gasteiger charge is -2.36. The fourth-order valence-corrected chi connectivity index (χ4v) is 3.60. The summed E-state index contributed by atoms with van der Waals surface area (Å²) >= 11 is 2.08. The van der Waals surface area contributed by atoms with Crippen LogP contribution in [0, 0.1) is 5.92 Å². The SMILES string of the molecule is CCNC(=NCc1ncnn1C)N1CCSC(C(C)C)C1.I. The van der Waals surface area contributed by atoms with Gasteiger partial charge in [0.1, 0.15) is 18.7 Å². The van der Waals surface area contributed by atoms with Crippen LogP contribution in [0.3, 0.4) is 0 Å². The summed E-state index contributed by atoms with van der Waals surface area (Å²) in [5.74, 6) is 3.74. The van der Waals surface area contributed by atoms with Crippen LogP contribution in [0.2, 0.25) is 0 Å². The van der Waals surface area contributed by atoms with E-state index in [4.69, 9.17) is 4.99 Å². The molecule has 6 nitrogen and oxygen atoms in total. The van der Waals surface area contributed by atoms with E-state index in [2.05, 4.69) is 52.8 Å². The van der Waals surface area contributed by atoms with Gasteiger partial charge in [-0.1, -0.05) is 13.8 Å². The van der Waals surface area contributed by atoms with Crippen LogP contribution in [0.4, 0.5) is 0 Å². The Morgan fingerprint density at radius 3 is 2.91 bits per heavy atom. The van der Waals surface area contributed by atoms with Gasteiger partial charge in [-0.3, -0.25) is 4.68 Å². The summed E-state index contributed by atoms with van der Waals surface area (Å²) in [6.07, 6.45) is 1.57. The molecule has 8 heteroatoms. The van der Waals surface area contributed by atoms with Crippen LogP contribution in [0.15, 0.2) is 11.3 Å². The maximum Gasteiger partial charge on any atom is 0.194 e. The Morgan fingerprint density at radius 1 is 1.55 bits per heavy atom. The molecule has 0 bridgehead atoms. The quantitative estimate of drug-likeness (QED) is 0.443. The van der Waals surface area contributed by atoms with E-state index in [1.807, 2.05) is 7.05 Å². The number of rotatable bonds is 4. The first kappa shape index (κ1) is 19.5. The van der Waals surface area contributed by atoms with Crippen LogP contribution < -0.4 is 5.32 Å². The summed E-state index contributed by atoms with van der Waals surface area (Å²) < 4.78 is 1.77. The van der Waals surface area contributed by atoms with Crippen LogP contribution in [-0.4, -0.2) is 56.3 Å². The van der Waals surface area contributed by atoms with Crippen molar-refractivity contribution in [2.45, 2.75) is 32.6 Å². The van der Waals surface area contributed by atoms with E-state index in [1.54, 1.807) is 11.0 Å². The summed E-state index contributed by atoms with van der Waals surface area (Å²) in [5, 5.41) is 8.17. The molecular weight excluding hydrogens is 411 g/mol. The third-order valence-corrected chi connectivity index (χ3v) is 5.19. The van der Waals surface area contributed by atoms with Crippen LogP contribution in [0.25, 0.3) is 0 Å². The summed E-state index contributed by atoms with van der Waals surface area (Å²) in [6.45, 7) is 10.3. The number of nitrogens with zero attached hydrogens (tertiary/aromatic N) is 5. The van der Waals surface area contributed by atoms with Crippen molar-refractivity contribution in [1.82, 2.24) is 25.0 Å². The molecule has 1 saturated heterocycles. The Kier molecular flexibility index (Phi) is 8.52. The van der Waals surface area contributed by atoms with E-state index in [-0.39, 0.29) is 24.0 Å². The third kappa shape index (κ3) is 5.29. The minimum Gasteiger partial charge on any atom is -0.357 e. The number of aryl methyl sites for hydroxylation is 1. The van der Waals surface area contributed by atoms with Gasteiger partial charge < -0.3 is 10.2 Å². The molecule has 1 aliphatic rings. The van der Waals surface area contributed by atoms with Gasteiger partial charge in [-0.2, -0.15) is 16.9 Å². The van der Waals surface area contributed by atoms with Crippen LogP contribution in [0.5, 0.6) is 0 Å². The summed E-state index contributed by atoms with van der Waals surface area (Å²) in [5.41, 5.74) is 0. The van der Waals surface area contributed by atoms with Gasteiger partial charge in [0, 0.05) is 37.7 Å². The number of aliphatic imine (C=N–C) groups is 1. The molecule has 2 rings (SSSR count).